The van der Waals surface area contributed by atoms with Crippen LogP contribution < -0.4 is 15.6 Å². The van der Waals surface area contributed by atoms with Gasteiger partial charge in [-0.3, -0.25) is 14.4 Å². The summed E-state index contributed by atoms with van der Waals surface area (Å²) in [7, 11) is 0. The third kappa shape index (κ3) is 11.7. The molecule has 0 aliphatic heterocycles. The number of hydrogen-bond acceptors (Lipinski definition) is 12. The molecular formula is C48H54Cl2O10S2. The highest BCUT2D eigenvalue weighted by Crippen LogP contribution is 2.43. The molecular weight excluding hydrogens is 872 g/mol. The highest BCUT2D eigenvalue weighted by molar-refractivity contribution is 7.25. The van der Waals surface area contributed by atoms with Crippen molar-refractivity contribution in [2.45, 2.75) is 97.2 Å². The number of fused-ring (bicyclic) bond motifs is 4. The Labute approximate surface area is 380 Å². The number of ketones is 1. The van der Waals surface area contributed by atoms with E-state index in [-0.39, 0.29) is 66.1 Å². The van der Waals surface area contributed by atoms with Crippen LogP contribution in [0.25, 0.3) is 36.0 Å². The number of aldehydes is 1. The molecule has 2 heterocycles. The summed E-state index contributed by atoms with van der Waals surface area (Å²) in [4.78, 5) is 52.3. The van der Waals surface area contributed by atoms with Crippen molar-refractivity contribution in [1.29, 1.82) is 0 Å². The Balaban J connectivity index is 0.890. The van der Waals surface area contributed by atoms with Crippen molar-refractivity contribution in [2.24, 2.45) is 11.3 Å². The molecule has 2 aromatic heterocycles. The molecule has 6 rings (SSSR count). The highest BCUT2D eigenvalue weighted by atomic mass is 35.5. The van der Waals surface area contributed by atoms with Crippen LogP contribution >= 0.6 is 45.9 Å². The quantitative estimate of drug-likeness (QED) is 0.0376. The smallest absolute Gasteiger partial charge is 0.198 e. The van der Waals surface area contributed by atoms with Crippen LogP contribution in [0.5, 0.6) is 5.75 Å². The molecule has 1 aliphatic carbocycles. The van der Waals surface area contributed by atoms with Crippen molar-refractivity contribution in [3.05, 3.63) is 103 Å². The molecule has 0 saturated heterocycles. The Hall–Kier alpha value is -3.72. The number of hydrogen-bond donors (Lipinski definition) is 0. The van der Waals surface area contributed by atoms with Gasteiger partial charge < -0.3 is 33.2 Å². The van der Waals surface area contributed by atoms with E-state index >= 15 is 0 Å². The zero-order valence-electron chi connectivity index (χ0n) is 36.1. The fourth-order valence-electron chi connectivity index (χ4n) is 7.30. The second-order valence-electron chi connectivity index (χ2n) is 16.8. The second kappa shape index (κ2) is 21.3. The lowest BCUT2D eigenvalue weighted by atomic mass is 9.93. The first kappa shape index (κ1) is 47.8. The van der Waals surface area contributed by atoms with E-state index in [9.17, 15) is 19.2 Å². The van der Waals surface area contributed by atoms with E-state index in [1.54, 1.807) is 25.1 Å². The molecule has 7 unspecified atom stereocenters. The number of carbonyl (C=O) groups is 2. The molecule has 0 spiro atoms. The Morgan fingerprint density at radius 2 is 1.53 bits per heavy atom. The fraction of sp³-hybridized carbons (Fsp3) is 0.458. The lowest BCUT2D eigenvalue weighted by molar-refractivity contribution is -0.136. The molecule has 0 bridgehead atoms. The van der Waals surface area contributed by atoms with Crippen LogP contribution in [0.15, 0.2) is 76.3 Å². The van der Waals surface area contributed by atoms with E-state index in [0.717, 1.165) is 20.6 Å². The summed E-state index contributed by atoms with van der Waals surface area (Å²) in [6, 6.07) is 18.1. The molecule has 0 saturated carbocycles. The van der Waals surface area contributed by atoms with E-state index in [2.05, 4.69) is 0 Å². The van der Waals surface area contributed by atoms with Gasteiger partial charge in [0.2, 0.25) is 0 Å². The molecule has 3 aromatic carbocycles. The van der Waals surface area contributed by atoms with Gasteiger partial charge in [-0.15, -0.1) is 34.3 Å². The molecule has 0 radical (unpaired) electrons. The summed E-state index contributed by atoms with van der Waals surface area (Å²) < 4.78 is 38.6. The van der Waals surface area contributed by atoms with E-state index in [4.69, 9.17) is 51.6 Å². The average Bonchev–Trinajstić information content (AvgIpc) is 3.23. The minimum Gasteiger partial charge on any atom is -0.492 e. The summed E-state index contributed by atoms with van der Waals surface area (Å²) >= 11 is 16.0. The molecule has 62 heavy (non-hydrogen) atoms. The normalized spacial score (nSPS) is 17.9. The van der Waals surface area contributed by atoms with Gasteiger partial charge in [0.1, 0.15) is 36.6 Å². The number of Topliss-reactive ketones (excluding diaryl/α,β-unsaturated/α-hetero) is 1. The molecule has 10 nitrogen and oxygen atoms in total. The standard InChI is InChI=1S/C48H54Cl2O10S2/c1-27-20-38(47-42(43(27)50)45(54)34-13-9-11-15-40(34)62-47)56-19-18-32(22-51)60-30(4)23-55-25-48(6,7)26-58-28(2)21-29(3)59-31(5)36(52)24-57-37-17-16-35(49)41-44(53)33-12-8-10-14-39(33)61-46(37)41/h8-17,20,22,27-32,43H,18-19,21,23-26H2,1-7H3. The summed E-state index contributed by atoms with van der Waals surface area (Å²) in [5.41, 5.74) is -0.00662. The van der Waals surface area contributed by atoms with Gasteiger partial charge >= 0.3 is 0 Å². The van der Waals surface area contributed by atoms with Gasteiger partial charge in [-0.05, 0) is 82.5 Å². The topological polar surface area (TPSA) is 124 Å². The van der Waals surface area contributed by atoms with Crippen molar-refractivity contribution >= 4 is 94.0 Å². The number of rotatable bonds is 22. The van der Waals surface area contributed by atoms with Crippen LogP contribution in [0, 0.1) is 11.3 Å². The molecule has 7 atom stereocenters. The number of ether oxygens (including phenoxy) is 6. The molecule has 332 valence electrons. The minimum atomic E-state index is -0.722. The van der Waals surface area contributed by atoms with E-state index in [1.807, 2.05) is 90.1 Å². The van der Waals surface area contributed by atoms with E-state index in [1.165, 1.54) is 22.7 Å². The van der Waals surface area contributed by atoms with Crippen LogP contribution in [-0.2, 0) is 33.3 Å². The second-order valence-corrected chi connectivity index (χ2v) is 19.8. The first-order chi connectivity index (χ1) is 29.6. The maximum Gasteiger partial charge on any atom is 0.198 e. The predicted molar refractivity (Wildman–Crippen MR) is 251 cm³/mol. The largest absolute Gasteiger partial charge is 0.492 e. The van der Waals surface area contributed by atoms with Crippen molar-refractivity contribution in [2.75, 3.05) is 33.0 Å². The number of benzene rings is 3. The third-order valence-electron chi connectivity index (χ3n) is 10.6. The maximum absolute atomic E-state index is 13.4. The summed E-state index contributed by atoms with van der Waals surface area (Å²) in [6.45, 7) is 14.6. The van der Waals surface area contributed by atoms with Gasteiger partial charge in [0.05, 0.1) is 70.1 Å². The summed E-state index contributed by atoms with van der Waals surface area (Å²) in [5, 5.41) is 1.50. The Bertz CT molecular complexity index is 2530. The predicted octanol–water partition coefficient (Wildman–Crippen LogP) is 10.6. The summed E-state index contributed by atoms with van der Waals surface area (Å²) in [6.07, 6.45) is 1.41. The monoisotopic (exact) mass is 924 g/mol. The molecule has 5 aromatic rings. The number of alkyl halides is 1. The average molecular weight is 926 g/mol. The first-order valence-corrected chi connectivity index (χ1v) is 23.3. The van der Waals surface area contributed by atoms with Gasteiger partial charge in [0.15, 0.2) is 16.6 Å². The fourth-order valence-corrected chi connectivity index (χ4v) is 10.3. The number of carbonyl (C=O) groups excluding carboxylic acids is 2. The van der Waals surface area contributed by atoms with Gasteiger partial charge in [0, 0.05) is 37.6 Å². The van der Waals surface area contributed by atoms with Gasteiger partial charge in [0.25, 0.3) is 0 Å². The van der Waals surface area contributed by atoms with Crippen molar-refractivity contribution in [1.82, 2.24) is 0 Å². The van der Waals surface area contributed by atoms with Crippen LogP contribution in [0.2, 0.25) is 5.02 Å². The van der Waals surface area contributed by atoms with E-state index in [0.29, 0.717) is 69.0 Å². The number of allylic oxidation sites excluding steroid dienone is 1. The maximum atomic E-state index is 13.4. The molecule has 0 fully saturated rings. The van der Waals surface area contributed by atoms with Gasteiger partial charge in [-0.2, -0.15) is 0 Å². The number of halogens is 2. The lowest BCUT2D eigenvalue weighted by Crippen LogP contribution is -2.33. The van der Waals surface area contributed by atoms with Gasteiger partial charge in [-0.1, -0.05) is 56.6 Å². The zero-order valence-corrected chi connectivity index (χ0v) is 39.2. The lowest BCUT2D eigenvalue weighted by Gasteiger charge is -2.28. The Morgan fingerprint density at radius 3 is 2.24 bits per heavy atom. The van der Waals surface area contributed by atoms with Crippen LogP contribution in [0.3, 0.4) is 0 Å². The minimum absolute atomic E-state index is 0.0766. The van der Waals surface area contributed by atoms with Crippen LogP contribution in [0.1, 0.15) is 77.1 Å². The first-order valence-electron chi connectivity index (χ1n) is 20.9. The third-order valence-corrected chi connectivity index (χ3v) is 13.9. The molecule has 0 amide bonds. The molecule has 0 N–H and O–H groups in total. The van der Waals surface area contributed by atoms with Crippen molar-refractivity contribution < 1.29 is 38.0 Å². The zero-order chi connectivity index (χ0) is 44.7. The highest BCUT2D eigenvalue weighted by Gasteiger charge is 2.31. The van der Waals surface area contributed by atoms with Crippen LogP contribution in [-0.4, -0.2) is 75.6 Å². The molecule has 14 heteroatoms. The van der Waals surface area contributed by atoms with E-state index < -0.39 is 17.6 Å². The van der Waals surface area contributed by atoms with Gasteiger partial charge in [-0.25, -0.2) is 0 Å². The SMILES string of the molecule is CC(CC(C)OC(C)C(=O)COc1ccc(Cl)c2c(=O)c3ccccc3sc12)OCC(C)(C)COCC(C)OC(C=O)CCOC1=CC(C)C(Cl)c2c1sc1ccccc1c2=O. The van der Waals surface area contributed by atoms with Crippen LogP contribution in [0.4, 0.5) is 0 Å². The Morgan fingerprint density at radius 1 is 0.855 bits per heavy atom. The Kier molecular flexibility index (Phi) is 16.4. The molecule has 1 aliphatic rings. The van der Waals surface area contributed by atoms with Crippen molar-refractivity contribution in [3.63, 3.8) is 0 Å². The van der Waals surface area contributed by atoms with Crippen molar-refractivity contribution in [3.8, 4) is 5.75 Å². The summed E-state index contributed by atoms with van der Waals surface area (Å²) in [5.74, 6) is 0.686.